The zero-order valence-corrected chi connectivity index (χ0v) is 12.8. The first-order valence-electron chi connectivity index (χ1n) is 8.07. The quantitative estimate of drug-likeness (QED) is 0.832. The molecule has 0 saturated heterocycles. The van der Waals surface area contributed by atoms with Crippen molar-refractivity contribution in [2.45, 2.75) is 69.9 Å². The van der Waals surface area contributed by atoms with Gasteiger partial charge in [-0.1, -0.05) is 19.8 Å². The van der Waals surface area contributed by atoms with E-state index in [1.807, 2.05) is 0 Å². The van der Waals surface area contributed by atoms with Gasteiger partial charge in [-0.05, 0) is 51.5 Å². The monoisotopic (exact) mass is 283 g/mol. The van der Waals surface area contributed by atoms with E-state index in [1.54, 1.807) is 0 Å². The highest BCUT2D eigenvalue weighted by Crippen LogP contribution is 2.35. The zero-order valence-electron chi connectivity index (χ0n) is 12.8. The highest BCUT2D eigenvalue weighted by Gasteiger charge is 2.38. The van der Waals surface area contributed by atoms with Gasteiger partial charge >= 0.3 is 5.97 Å². The minimum absolute atomic E-state index is 0.255. The fraction of sp³-hybridized carbons (Fsp3) is 0.938. The molecule has 0 spiro atoms. The fourth-order valence-corrected chi connectivity index (χ4v) is 4.09. The Morgan fingerprint density at radius 3 is 2.35 bits per heavy atom. The van der Waals surface area contributed by atoms with Gasteiger partial charge in [0, 0.05) is 12.6 Å². The van der Waals surface area contributed by atoms with Crippen molar-refractivity contribution in [1.82, 2.24) is 4.90 Å². The summed E-state index contributed by atoms with van der Waals surface area (Å²) in [5, 5.41) is 19.8. The third-order valence-electron chi connectivity index (χ3n) is 5.44. The SMILES string of the molecule is CC1CCCCC1N(C)CC1(O)CCC(C(=O)O)CC1. The molecule has 4 nitrogen and oxygen atoms in total. The molecule has 0 aromatic rings. The van der Waals surface area contributed by atoms with Gasteiger partial charge in [-0.15, -0.1) is 0 Å². The molecule has 2 fully saturated rings. The molecule has 2 aliphatic rings. The number of likely N-dealkylation sites (N-methyl/N-ethyl adjacent to an activating group) is 1. The molecular weight excluding hydrogens is 254 g/mol. The van der Waals surface area contributed by atoms with Crippen LogP contribution in [0, 0.1) is 11.8 Å². The Labute approximate surface area is 122 Å². The normalized spacial score (nSPS) is 38.9. The van der Waals surface area contributed by atoms with Crippen LogP contribution >= 0.6 is 0 Å². The molecule has 0 heterocycles. The van der Waals surface area contributed by atoms with Crippen LogP contribution in [0.15, 0.2) is 0 Å². The Kier molecular flexibility index (Phi) is 5.08. The molecule has 2 rings (SSSR count). The zero-order chi connectivity index (χ0) is 14.8. The molecule has 0 aromatic heterocycles. The molecule has 0 amide bonds. The first kappa shape index (κ1) is 15.8. The first-order chi connectivity index (χ1) is 9.41. The van der Waals surface area contributed by atoms with E-state index in [1.165, 1.54) is 25.7 Å². The molecule has 0 aromatic carbocycles. The Bertz CT molecular complexity index is 337. The average Bonchev–Trinajstić information content (AvgIpc) is 2.39. The van der Waals surface area contributed by atoms with Gasteiger partial charge in [0.15, 0.2) is 0 Å². The van der Waals surface area contributed by atoms with Gasteiger partial charge in [0.05, 0.1) is 11.5 Å². The molecule has 0 aliphatic heterocycles. The Morgan fingerprint density at radius 2 is 1.80 bits per heavy atom. The summed E-state index contributed by atoms with van der Waals surface area (Å²) < 4.78 is 0. The molecule has 116 valence electrons. The molecule has 2 unspecified atom stereocenters. The molecule has 4 heteroatoms. The summed E-state index contributed by atoms with van der Waals surface area (Å²) >= 11 is 0. The van der Waals surface area contributed by atoms with Crippen LogP contribution in [0.2, 0.25) is 0 Å². The van der Waals surface area contributed by atoms with E-state index in [0.717, 1.165) is 0 Å². The Balaban J connectivity index is 1.87. The van der Waals surface area contributed by atoms with Gasteiger partial charge in [0.1, 0.15) is 0 Å². The molecule has 2 saturated carbocycles. The number of carbonyl (C=O) groups is 1. The lowest BCUT2D eigenvalue weighted by molar-refractivity contribution is -0.145. The third kappa shape index (κ3) is 3.73. The second-order valence-electron chi connectivity index (χ2n) is 7.08. The van der Waals surface area contributed by atoms with Crippen molar-refractivity contribution in [1.29, 1.82) is 0 Å². The minimum Gasteiger partial charge on any atom is -0.481 e. The molecule has 2 atom stereocenters. The van der Waals surface area contributed by atoms with Crippen LogP contribution in [0.5, 0.6) is 0 Å². The Hall–Kier alpha value is -0.610. The van der Waals surface area contributed by atoms with Crippen molar-refractivity contribution in [2.75, 3.05) is 13.6 Å². The van der Waals surface area contributed by atoms with Crippen molar-refractivity contribution in [3.8, 4) is 0 Å². The van der Waals surface area contributed by atoms with Crippen molar-refractivity contribution in [2.24, 2.45) is 11.8 Å². The van der Waals surface area contributed by atoms with E-state index in [-0.39, 0.29) is 5.92 Å². The van der Waals surface area contributed by atoms with Crippen LogP contribution in [-0.2, 0) is 4.79 Å². The van der Waals surface area contributed by atoms with Gasteiger partial charge in [-0.2, -0.15) is 0 Å². The van der Waals surface area contributed by atoms with Crippen LogP contribution in [0.3, 0.4) is 0 Å². The predicted molar refractivity (Wildman–Crippen MR) is 78.6 cm³/mol. The van der Waals surface area contributed by atoms with Crippen molar-refractivity contribution in [3.05, 3.63) is 0 Å². The first-order valence-corrected chi connectivity index (χ1v) is 8.07. The lowest BCUT2D eigenvalue weighted by Crippen LogP contribution is -2.50. The van der Waals surface area contributed by atoms with Crippen LogP contribution in [0.4, 0.5) is 0 Å². The number of hydrogen-bond acceptors (Lipinski definition) is 3. The topological polar surface area (TPSA) is 60.8 Å². The third-order valence-corrected chi connectivity index (χ3v) is 5.44. The van der Waals surface area contributed by atoms with Crippen LogP contribution in [0.1, 0.15) is 58.3 Å². The number of carboxylic acids is 1. The van der Waals surface area contributed by atoms with E-state index in [9.17, 15) is 9.90 Å². The maximum absolute atomic E-state index is 11.0. The largest absolute Gasteiger partial charge is 0.481 e. The minimum atomic E-state index is -0.707. The smallest absolute Gasteiger partial charge is 0.306 e. The summed E-state index contributed by atoms with van der Waals surface area (Å²) in [4.78, 5) is 13.3. The molecular formula is C16H29NO3. The number of carboxylic acid groups (broad SMARTS) is 1. The summed E-state index contributed by atoms with van der Waals surface area (Å²) in [6, 6.07) is 0.574. The average molecular weight is 283 g/mol. The molecule has 0 radical (unpaired) electrons. The molecule has 0 bridgehead atoms. The lowest BCUT2D eigenvalue weighted by atomic mass is 9.77. The summed E-state index contributed by atoms with van der Waals surface area (Å²) in [6.07, 6.45) is 7.60. The maximum atomic E-state index is 11.0. The van der Waals surface area contributed by atoms with Crippen molar-refractivity contribution < 1.29 is 15.0 Å². The van der Waals surface area contributed by atoms with E-state index >= 15 is 0 Å². The maximum Gasteiger partial charge on any atom is 0.306 e. The van der Waals surface area contributed by atoms with Gasteiger partial charge in [-0.3, -0.25) is 4.79 Å². The van der Waals surface area contributed by atoms with Crippen molar-refractivity contribution >= 4 is 5.97 Å². The summed E-state index contributed by atoms with van der Waals surface area (Å²) in [5.74, 6) is -0.261. The highest BCUT2D eigenvalue weighted by atomic mass is 16.4. The van der Waals surface area contributed by atoms with Crippen molar-refractivity contribution in [3.63, 3.8) is 0 Å². The summed E-state index contributed by atoms with van der Waals surface area (Å²) in [7, 11) is 2.12. The molecule has 20 heavy (non-hydrogen) atoms. The van der Waals surface area contributed by atoms with Crippen LogP contribution in [-0.4, -0.2) is 46.3 Å². The van der Waals surface area contributed by atoms with Gasteiger partial charge in [0.2, 0.25) is 0 Å². The van der Waals surface area contributed by atoms with Gasteiger partial charge in [-0.25, -0.2) is 0 Å². The molecule has 2 aliphatic carbocycles. The van der Waals surface area contributed by atoms with E-state index < -0.39 is 11.6 Å². The van der Waals surface area contributed by atoms with E-state index in [2.05, 4.69) is 18.9 Å². The fourth-order valence-electron chi connectivity index (χ4n) is 4.09. The van der Waals surface area contributed by atoms with Gasteiger partial charge in [0.25, 0.3) is 0 Å². The number of hydrogen-bond donors (Lipinski definition) is 2. The van der Waals surface area contributed by atoms with Crippen LogP contribution in [0.25, 0.3) is 0 Å². The standard InChI is InChI=1S/C16H29NO3/c1-12-5-3-4-6-14(12)17(2)11-16(20)9-7-13(8-10-16)15(18)19/h12-14,20H,3-11H2,1-2H3,(H,18,19). The van der Waals surface area contributed by atoms with E-state index in [4.69, 9.17) is 5.11 Å². The lowest BCUT2D eigenvalue weighted by Gasteiger charge is -2.42. The Morgan fingerprint density at radius 1 is 1.20 bits per heavy atom. The number of aliphatic hydroxyl groups is 1. The van der Waals surface area contributed by atoms with Gasteiger partial charge < -0.3 is 15.1 Å². The second kappa shape index (κ2) is 6.44. The summed E-state index contributed by atoms with van der Waals surface area (Å²) in [5.41, 5.74) is -0.683. The number of nitrogens with zero attached hydrogens (tertiary/aromatic N) is 1. The second-order valence-corrected chi connectivity index (χ2v) is 7.08. The summed E-state index contributed by atoms with van der Waals surface area (Å²) in [6.45, 7) is 3.00. The van der Waals surface area contributed by atoms with E-state index in [0.29, 0.717) is 44.2 Å². The number of rotatable bonds is 4. The number of aliphatic carboxylic acids is 1. The highest BCUT2D eigenvalue weighted by molar-refractivity contribution is 5.70. The van der Waals surface area contributed by atoms with Crippen LogP contribution < -0.4 is 0 Å². The molecule has 2 N–H and O–H groups in total. The predicted octanol–water partition coefficient (Wildman–Crippen LogP) is 2.50.